The fourth-order valence-electron chi connectivity index (χ4n) is 1.70. The molecular formula is C10H15NOS2. The standard InChI is InChI=1S/C10H15NOS2/c1-7-5-14-10(11-7)4-9(12)8-2-3-13-6-8/h5,8-9,12H,2-4,6H2,1H3. The van der Waals surface area contributed by atoms with Crippen LogP contribution in [0.25, 0.3) is 0 Å². The maximum Gasteiger partial charge on any atom is 0.0954 e. The highest BCUT2D eigenvalue weighted by molar-refractivity contribution is 7.99. The van der Waals surface area contributed by atoms with E-state index in [2.05, 4.69) is 4.98 Å². The van der Waals surface area contributed by atoms with E-state index in [4.69, 9.17) is 0 Å². The van der Waals surface area contributed by atoms with Gasteiger partial charge in [0, 0.05) is 17.5 Å². The SMILES string of the molecule is Cc1csc(CC(O)C2CCSC2)n1. The first-order valence-corrected chi connectivity index (χ1v) is 6.96. The maximum atomic E-state index is 9.96. The molecule has 4 heteroatoms. The zero-order valence-electron chi connectivity index (χ0n) is 8.27. The molecule has 2 atom stereocenters. The summed E-state index contributed by atoms with van der Waals surface area (Å²) >= 11 is 3.61. The summed E-state index contributed by atoms with van der Waals surface area (Å²) in [6.45, 7) is 2.00. The molecule has 14 heavy (non-hydrogen) atoms. The Kier molecular flexibility index (Phi) is 3.47. The van der Waals surface area contributed by atoms with Crippen LogP contribution >= 0.6 is 23.1 Å². The summed E-state index contributed by atoms with van der Waals surface area (Å²) in [4.78, 5) is 4.37. The van der Waals surface area contributed by atoms with Gasteiger partial charge in [0.15, 0.2) is 0 Å². The minimum atomic E-state index is -0.185. The average molecular weight is 229 g/mol. The number of nitrogens with zero attached hydrogens (tertiary/aromatic N) is 1. The molecule has 78 valence electrons. The smallest absolute Gasteiger partial charge is 0.0954 e. The molecule has 0 radical (unpaired) electrons. The minimum absolute atomic E-state index is 0.185. The van der Waals surface area contributed by atoms with Crippen LogP contribution < -0.4 is 0 Å². The first-order chi connectivity index (χ1) is 6.75. The molecule has 1 saturated heterocycles. The molecule has 1 aromatic rings. The molecule has 1 fully saturated rings. The number of hydrogen-bond acceptors (Lipinski definition) is 4. The van der Waals surface area contributed by atoms with E-state index >= 15 is 0 Å². The predicted octanol–water partition coefficient (Wildman–Crippen LogP) is 2.11. The molecule has 1 N–H and O–H groups in total. The number of thioether (sulfide) groups is 1. The molecule has 2 nitrogen and oxygen atoms in total. The maximum absolute atomic E-state index is 9.96. The van der Waals surface area contributed by atoms with Gasteiger partial charge < -0.3 is 5.11 Å². The van der Waals surface area contributed by atoms with Gasteiger partial charge in [0.05, 0.1) is 11.1 Å². The van der Waals surface area contributed by atoms with Gasteiger partial charge in [-0.05, 0) is 30.8 Å². The minimum Gasteiger partial charge on any atom is -0.392 e. The molecule has 0 aromatic carbocycles. The second-order valence-electron chi connectivity index (χ2n) is 3.78. The van der Waals surface area contributed by atoms with E-state index in [9.17, 15) is 5.11 Å². The summed E-state index contributed by atoms with van der Waals surface area (Å²) in [5.74, 6) is 2.81. The molecule has 0 aliphatic carbocycles. The van der Waals surface area contributed by atoms with E-state index in [0.29, 0.717) is 5.92 Å². The lowest BCUT2D eigenvalue weighted by Gasteiger charge is -2.15. The molecular weight excluding hydrogens is 214 g/mol. The first kappa shape index (κ1) is 10.5. The van der Waals surface area contributed by atoms with Gasteiger partial charge in [-0.3, -0.25) is 0 Å². The summed E-state index contributed by atoms with van der Waals surface area (Å²) in [6, 6.07) is 0. The Bertz CT molecular complexity index is 294. The van der Waals surface area contributed by atoms with E-state index in [-0.39, 0.29) is 6.10 Å². The lowest BCUT2D eigenvalue weighted by atomic mass is 10.00. The number of aliphatic hydroxyl groups is 1. The summed E-state index contributed by atoms with van der Waals surface area (Å²) < 4.78 is 0. The van der Waals surface area contributed by atoms with E-state index in [1.165, 1.54) is 5.75 Å². The normalized spacial score (nSPS) is 24.0. The Labute approximate surface area is 92.8 Å². The Morgan fingerprint density at radius 3 is 3.14 bits per heavy atom. The van der Waals surface area contributed by atoms with Crippen molar-refractivity contribution in [2.24, 2.45) is 5.92 Å². The molecule has 1 aromatic heterocycles. The lowest BCUT2D eigenvalue weighted by Crippen LogP contribution is -2.22. The molecule has 1 aliphatic heterocycles. The lowest BCUT2D eigenvalue weighted by molar-refractivity contribution is 0.120. The predicted molar refractivity (Wildman–Crippen MR) is 62.0 cm³/mol. The van der Waals surface area contributed by atoms with Crippen LogP contribution in [0.4, 0.5) is 0 Å². The topological polar surface area (TPSA) is 33.1 Å². The fraction of sp³-hybridized carbons (Fsp3) is 0.700. The monoisotopic (exact) mass is 229 g/mol. The van der Waals surface area contributed by atoms with Crippen molar-refractivity contribution in [2.75, 3.05) is 11.5 Å². The Balaban J connectivity index is 1.90. The highest BCUT2D eigenvalue weighted by Gasteiger charge is 2.24. The Morgan fingerprint density at radius 1 is 1.71 bits per heavy atom. The van der Waals surface area contributed by atoms with Gasteiger partial charge in [-0.1, -0.05) is 0 Å². The third kappa shape index (κ3) is 2.49. The van der Waals surface area contributed by atoms with Crippen molar-refractivity contribution in [3.05, 3.63) is 16.1 Å². The zero-order valence-corrected chi connectivity index (χ0v) is 9.90. The van der Waals surface area contributed by atoms with Crippen LogP contribution in [0.3, 0.4) is 0 Å². The van der Waals surface area contributed by atoms with Crippen LogP contribution in [0.2, 0.25) is 0 Å². The van der Waals surface area contributed by atoms with E-state index in [1.807, 2.05) is 24.1 Å². The number of aliphatic hydroxyl groups excluding tert-OH is 1. The summed E-state index contributed by atoms with van der Waals surface area (Å²) in [6.07, 6.45) is 1.72. The van der Waals surface area contributed by atoms with Gasteiger partial charge in [-0.15, -0.1) is 11.3 Å². The molecule has 1 aliphatic rings. The van der Waals surface area contributed by atoms with Gasteiger partial charge in [-0.25, -0.2) is 4.98 Å². The highest BCUT2D eigenvalue weighted by Crippen LogP contribution is 2.28. The van der Waals surface area contributed by atoms with Crippen molar-refractivity contribution >= 4 is 23.1 Å². The largest absolute Gasteiger partial charge is 0.392 e. The molecule has 2 heterocycles. The van der Waals surface area contributed by atoms with Crippen molar-refractivity contribution in [1.29, 1.82) is 0 Å². The molecule has 2 unspecified atom stereocenters. The van der Waals surface area contributed by atoms with Crippen molar-refractivity contribution in [2.45, 2.75) is 25.9 Å². The van der Waals surface area contributed by atoms with Crippen LogP contribution in [0.1, 0.15) is 17.1 Å². The van der Waals surface area contributed by atoms with Crippen LogP contribution in [-0.2, 0) is 6.42 Å². The number of hydrogen-bond donors (Lipinski definition) is 1. The third-order valence-electron chi connectivity index (χ3n) is 2.56. The van der Waals surface area contributed by atoms with Crippen molar-refractivity contribution in [3.63, 3.8) is 0 Å². The van der Waals surface area contributed by atoms with Crippen molar-refractivity contribution in [3.8, 4) is 0 Å². The quantitative estimate of drug-likeness (QED) is 0.861. The number of rotatable bonds is 3. The van der Waals surface area contributed by atoms with E-state index in [0.717, 1.165) is 29.3 Å². The molecule has 0 amide bonds. The highest BCUT2D eigenvalue weighted by atomic mass is 32.2. The summed E-state index contributed by atoms with van der Waals surface area (Å²) in [7, 11) is 0. The second kappa shape index (κ2) is 4.64. The zero-order chi connectivity index (χ0) is 9.97. The van der Waals surface area contributed by atoms with Gasteiger partial charge >= 0.3 is 0 Å². The number of aromatic nitrogens is 1. The van der Waals surface area contributed by atoms with Gasteiger partial charge in [0.2, 0.25) is 0 Å². The third-order valence-corrected chi connectivity index (χ3v) is 4.74. The van der Waals surface area contributed by atoms with Gasteiger partial charge in [0.1, 0.15) is 0 Å². The Hall–Kier alpha value is -0.0600. The van der Waals surface area contributed by atoms with Crippen LogP contribution in [0, 0.1) is 12.8 Å². The summed E-state index contributed by atoms with van der Waals surface area (Å²) in [5, 5.41) is 13.1. The van der Waals surface area contributed by atoms with Crippen molar-refractivity contribution in [1.82, 2.24) is 4.98 Å². The summed E-state index contributed by atoms with van der Waals surface area (Å²) in [5.41, 5.74) is 1.07. The fourth-order valence-corrected chi connectivity index (χ4v) is 3.85. The average Bonchev–Trinajstić information content (AvgIpc) is 2.75. The van der Waals surface area contributed by atoms with E-state index in [1.54, 1.807) is 11.3 Å². The van der Waals surface area contributed by atoms with Crippen LogP contribution in [-0.4, -0.2) is 27.7 Å². The van der Waals surface area contributed by atoms with Gasteiger partial charge in [0.25, 0.3) is 0 Å². The molecule has 0 spiro atoms. The Morgan fingerprint density at radius 2 is 2.57 bits per heavy atom. The van der Waals surface area contributed by atoms with Crippen LogP contribution in [0.5, 0.6) is 0 Å². The molecule has 0 bridgehead atoms. The molecule has 0 saturated carbocycles. The number of aryl methyl sites for hydroxylation is 1. The van der Waals surface area contributed by atoms with Gasteiger partial charge in [-0.2, -0.15) is 11.8 Å². The second-order valence-corrected chi connectivity index (χ2v) is 5.87. The van der Waals surface area contributed by atoms with Crippen molar-refractivity contribution < 1.29 is 5.11 Å². The number of thiazole rings is 1. The van der Waals surface area contributed by atoms with E-state index < -0.39 is 0 Å². The molecule has 2 rings (SSSR count). The first-order valence-electron chi connectivity index (χ1n) is 4.92. The van der Waals surface area contributed by atoms with Crippen LogP contribution in [0.15, 0.2) is 5.38 Å².